The van der Waals surface area contributed by atoms with E-state index in [9.17, 15) is 0 Å². The molecule has 0 radical (unpaired) electrons. The second-order valence-electron chi connectivity index (χ2n) is 4.98. The van der Waals surface area contributed by atoms with E-state index >= 15 is 0 Å². The van der Waals surface area contributed by atoms with Gasteiger partial charge in [0.05, 0.1) is 29.0 Å². The van der Waals surface area contributed by atoms with E-state index in [0.29, 0.717) is 5.92 Å². The molecule has 4 heteroatoms. The van der Waals surface area contributed by atoms with Gasteiger partial charge in [-0.3, -0.25) is 0 Å². The summed E-state index contributed by atoms with van der Waals surface area (Å²) >= 11 is 1.69. The van der Waals surface area contributed by atoms with Crippen molar-refractivity contribution in [1.29, 1.82) is 0 Å². The van der Waals surface area contributed by atoms with E-state index in [1.165, 1.54) is 0 Å². The van der Waals surface area contributed by atoms with Crippen LogP contribution in [0.1, 0.15) is 24.8 Å². The maximum atomic E-state index is 5.25. The number of methoxy groups -OCH3 is 1. The molecule has 3 aromatic rings. The molecular weight excluding hydrogens is 268 g/mol. The van der Waals surface area contributed by atoms with Gasteiger partial charge in [0, 0.05) is 22.8 Å². The highest BCUT2D eigenvalue weighted by Crippen LogP contribution is 2.27. The Bertz CT molecular complexity index is 749. The van der Waals surface area contributed by atoms with Crippen molar-refractivity contribution in [3.63, 3.8) is 0 Å². The lowest BCUT2D eigenvalue weighted by Crippen LogP contribution is -1.89. The summed E-state index contributed by atoms with van der Waals surface area (Å²) in [5.74, 6) is 1.28. The molecule has 3 nitrogen and oxygen atoms in total. The topological polar surface area (TPSA) is 35.0 Å². The molecule has 0 aliphatic carbocycles. The number of hydrogen-bond acceptors (Lipinski definition) is 4. The van der Waals surface area contributed by atoms with Crippen LogP contribution in [0.3, 0.4) is 0 Å². The first-order valence-electron chi connectivity index (χ1n) is 6.58. The zero-order valence-corrected chi connectivity index (χ0v) is 12.6. The zero-order valence-electron chi connectivity index (χ0n) is 11.8. The fourth-order valence-corrected chi connectivity index (χ4v) is 2.87. The number of hydrogen-bond donors (Lipinski definition) is 0. The molecule has 0 bridgehead atoms. The minimum absolute atomic E-state index is 0.453. The lowest BCUT2D eigenvalue weighted by molar-refractivity contribution is 0.415. The zero-order chi connectivity index (χ0) is 14.1. The molecule has 0 unspecified atom stereocenters. The maximum absolute atomic E-state index is 5.25. The van der Waals surface area contributed by atoms with Gasteiger partial charge >= 0.3 is 0 Å². The van der Waals surface area contributed by atoms with Crippen molar-refractivity contribution in [3.8, 4) is 17.1 Å². The number of aromatic nitrogens is 2. The average molecular weight is 284 g/mol. The number of benzene rings is 1. The number of pyridine rings is 1. The van der Waals surface area contributed by atoms with Crippen LogP contribution in [0.2, 0.25) is 0 Å². The third kappa shape index (κ3) is 2.39. The van der Waals surface area contributed by atoms with E-state index in [-0.39, 0.29) is 0 Å². The predicted octanol–water partition coefficient (Wildman–Crippen LogP) is 4.49. The minimum Gasteiger partial charge on any atom is -0.497 e. The molecule has 102 valence electrons. The first kappa shape index (κ1) is 13.1. The van der Waals surface area contributed by atoms with E-state index in [2.05, 4.69) is 30.3 Å². The van der Waals surface area contributed by atoms with Gasteiger partial charge in [-0.15, -0.1) is 11.3 Å². The van der Waals surface area contributed by atoms with Crippen molar-refractivity contribution >= 4 is 22.2 Å². The first-order valence-corrected chi connectivity index (χ1v) is 7.46. The summed E-state index contributed by atoms with van der Waals surface area (Å²) in [7, 11) is 1.67. The maximum Gasteiger partial charge on any atom is 0.121 e. The SMILES string of the molecule is COc1ccc2ccc(-c3csc(C(C)C)n3)nc2c1. The Balaban J connectivity index is 2.06. The fourth-order valence-electron chi connectivity index (χ4n) is 2.04. The molecule has 0 fully saturated rings. The number of nitrogens with zero attached hydrogens (tertiary/aromatic N) is 2. The van der Waals surface area contributed by atoms with Gasteiger partial charge in [0.15, 0.2) is 0 Å². The van der Waals surface area contributed by atoms with Crippen molar-refractivity contribution in [1.82, 2.24) is 9.97 Å². The van der Waals surface area contributed by atoms with Gasteiger partial charge < -0.3 is 4.74 Å². The minimum atomic E-state index is 0.453. The number of fused-ring (bicyclic) bond motifs is 1. The quantitative estimate of drug-likeness (QED) is 0.710. The van der Waals surface area contributed by atoms with Gasteiger partial charge in [-0.25, -0.2) is 9.97 Å². The molecule has 20 heavy (non-hydrogen) atoms. The van der Waals surface area contributed by atoms with Gasteiger partial charge in [-0.05, 0) is 18.2 Å². The van der Waals surface area contributed by atoms with E-state index in [4.69, 9.17) is 9.72 Å². The summed E-state index contributed by atoms with van der Waals surface area (Å²) in [5.41, 5.74) is 2.79. The van der Waals surface area contributed by atoms with Crippen LogP contribution in [-0.2, 0) is 0 Å². The smallest absolute Gasteiger partial charge is 0.121 e. The molecule has 0 N–H and O–H groups in total. The summed E-state index contributed by atoms with van der Waals surface area (Å²) in [6.45, 7) is 4.31. The Kier molecular flexibility index (Phi) is 3.40. The second kappa shape index (κ2) is 5.21. The monoisotopic (exact) mass is 284 g/mol. The van der Waals surface area contributed by atoms with Crippen LogP contribution >= 0.6 is 11.3 Å². The van der Waals surface area contributed by atoms with Gasteiger partial charge in [0.25, 0.3) is 0 Å². The van der Waals surface area contributed by atoms with Gasteiger partial charge in [-0.2, -0.15) is 0 Å². The van der Waals surface area contributed by atoms with Crippen molar-refractivity contribution in [2.45, 2.75) is 19.8 Å². The van der Waals surface area contributed by atoms with E-state index in [0.717, 1.165) is 33.0 Å². The Hall–Kier alpha value is -1.94. The number of ether oxygens (including phenoxy) is 1. The molecule has 0 amide bonds. The largest absolute Gasteiger partial charge is 0.497 e. The number of rotatable bonds is 3. The fraction of sp³-hybridized carbons (Fsp3) is 0.250. The number of thiazole rings is 1. The molecule has 0 spiro atoms. The van der Waals surface area contributed by atoms with E-state index in [1.807, 2.05) is 24.3 Å². The summed E-state index contributed by atoms with van der Waals surface area (Å²) in [6, 6.07) is 10.0. The predicted molar refractivity (Wildman–Crippen MR) is 83.5 cm³/mol. The molecule has 2 heterocycles. The van der Waals surface area contributed by atoms with E-state index < -0.39 is 0 Å². The molecule has 3 rings (SSSR count). The molecule has 0 aliphatic heterocycles. The molecule has 0 saturated heterocycles. The molecule has 0 atom stereocenters. The summed E-state index contributed by atoms with van der Waals surface area (Å²) in [5, 5.41) is 4.32. The Morgan fingerprint density at radius 1 is 1.05 bits per heavy atom. The molecule has 0 aliphatic rings. The molecule has 0 saturated carbocycles. The van der Waals surface area contributed by atoms with Crippen LogP contribution in [0.5, 0.6) is 5.75 Å². The normalized spacial score (nSPS) is 11.2. The highest BCUT2D eigenvalue weighted by atomic mass is 32.1. The van der Waals surface area contributed by atoms with Gasteiger partial charge in [0.1, 0.15) is 5.75 Å². The molecule has 1 aromatic carbocycles. The first-order chi connectivity index (χ1) is 9.67. The van der Waals surface area contributed by atoms with Crippen LogP contribution in [-0.4, -0.2) is 17.1 Å². The summed E-state index contributed by atoms with van der Waals surface area (Å²) in [4.78, 5) is 9.35. The van der Waals surface area contributed by atoms with Crippen LogP contribution in [0.25, 0.3) is 22.3 Å². The standard InChI is InChI=1S/C16H16N2OS/c1-10(2)16-18-15(9-20-16)13-7-5-11-4-6-12(19-3)8-14(11)17-13/h4-10H,1-3H3. The Morgan fingerprint density at radius 3 is 2.55 bits per heavy atom. The Labute approximate surface area is 122 Å². The van der Waals surface area contributed by atoms with Crippen molar-refractivity contribution < 1.29 is 4.74 Å². The van der Waals surface area contributed by atoms with Gasteiger partial charge in [0.2, 0.25) is 0 Å². The molecular formula is C16H16N2OS. The molecule has 2 aromatic heterocycles. The van der Waals surface area contributed by atoms with Crippen LogP contribution in [0.15, 0.2) is 35.7 Å². The third-order valence-corrected chi connectivity index (χ3v) is 4.32. The average Bonchev–Trinajstić information content (AvgIpc) is 2.96. The van der Waals surface area contributed by atoms with E-state index in [1.54, 1.807) is 18.4 Å². The highest BCUT2D eigenvalue weighted by Gasteiger charge is 2.09. The lowest BCUT2D eigenvalue weighted by atomic mass is 10.2. The van der Waals surface area contributed by atoms with Crippen molar-refractivity contribution in [3.05, 3.63) is 40.7 Å². The van der Waals surface area contributed by atoms with Crippen LogP contribution < -0.4 is 4.74 Å². The van der Waals surface area contributed by atoms with Crippen LogP contribution in [0.4, 0.5) is 0 Å². The van der Waals surface area contributed by atoms with Crippen molar-refractivity contribution in [2.24, 2.45) is 0 Å². The van der Waals surface area contributed by atoms with Crippen LogP contribution in [0, 0.1) is 0 Å². The summed E-state index contributed by atoms with van der Waals surface area (Å²) in [6.07, 6.45) is 0. The van der Waals surface area contributed by atoms with Crippen molar-refractivity contribution in [2.75, 3.05) is 7.11 Å². The van der Waals surface area contributed by atoms with Gasteiger partial charge in [-0.1, -0.05) is 19.9 Å². The Morgan fingerprint density at radius 2 is 1.85 bits per heavy atom. The third-order valence-electron chi connectivity index (χ3n) is 3.18. The highest BCUT2D eigenvalue weighted by molar-refractivity contribution is 7.10. The second-order valence-corrected chi connectivity index (χ2v) is 5.87. The lowest BCUT2D eigenvalue weighted by Gasteiger charge is -2.03. The summed E-state index contributed by atoms with van der Waals surface area (Å²) < 4.78 is 5.25.